The molecule has 0 radical (unpaired) electrons. The molecule has 0 aromatic carbocycles. The maximum atomic E-state index is 13.3. The summed E-state index contributed by atoms with van der Waals surface area (Å²) >= 11 is 0. The number of ether oxygens (including phenoxy) is 2. The van der Waals surface area contributed by atoms with Gasteiger partial charge in [0.25, 0.3) is 0 Å². The van der Waals surface area contributed by atoms with Gasteiger partial charge in [-0.3, -0.25) is 9.59 Å². The number of carbonyl (C=O) groups excluding carboxylic acids is 2. The molecule has 0 aromatic rings. The molecule has 0 aromatic heterocycles. The zero-order valence-corrected chi connectivity index (χ0v) is 17.5. The highest BCUT2D eigenvalue weighted by molar-refractivity contribution is 5.94. The summed E-state index contributed by atoms with van der Waals surface area (Å²) in [4.78, 5) is 25.5. The average molecular weight is 375 g/mol. The van der Waals surface area contributed by atoms with Gasteiger partial charge >= 0.3 is 0 Å². The minimum Gasteiger partial charge on any atom is -0.353 e. The van der Waals surface area contributed by atoms with Crippen LogP contribution in [0.15, 0.2) is 11.6 Å². The topological polar surface area (TPSA) is 52.6 Å². The summed E-state index contributed by atoms with van der Waals surface area (Å²) in [6.45, 7) is 6.37. The molecule has 0 N–H and O–H groups in total. The van der Waals surface area contributed by atoms with Crippen molar-refractivity contribution in [1.29, 1.82) is 0 Å². The number of methoxy groups -OCH3 is 2. The molecule has 6 atom stereocenters. The van der Waals surface area contributed by atoms with Gasteiger partial charge in [-0.1, -0.05) is 19.4 Å². The molecule has 0 bridgehead atoms. The Morgan fingerprint density at radius 1 is 0.963 bits per heavy atom. The summed E-state index contributed by atoms with van der Waals surface area (Å²) in [6.07, 6.45) is 8.63. The summed E-state index contributed by atoms with van der Waals surface area (Å²) in [7, 11) is 3.38. The average Bonchev–Trinajstić information content (AvgIpc) is 3.00. The number of hydrogen-bond acceptors (Lipinski definition) is 4. The van der Waals surface area contributed by atoms with Crippen molar-refractivity contribution in [1.82, 2.24) is 0 Å². The van der Waals surface area contributed by atoms with Gasteiger partial charge in [-0.05, 0) is 67.8 Å². The monoisotopic (exact) mass is 374 g/mol. The van der Waals surface area contributed by atoms with Crippen molar-refractivity contribution in [3.63, 3.8) is 0 Å². The fourth-order valence-electron chi connectivity index (χ4n) is 7.42. The van der Waals surface area contributed by atoms with E-state index in [2.05, 4.69) is 13.8 Å². The molecule has 0 saturated heterocycles. The van der Waals surface area contributed by atoms with E-state index in [-0.39, 0.29) is 28.4 Å². The summed E-state index contributed by atoms with van der Waals surface area (Å²) in [5, 5.41) is 0. The molecule has 3 fully saturated rings. The van der Waals surface area contributed by atoms with Gasteiger partial charge in [0.15, 0.2) is 11.6 Å². The van der Waals surface area contributed by atoms with Gasteiger partial charge in [-0.25, -0.2) is 0 Å². The molecule has 150 valence electrons. The van der Waals surface area contributed by atoms with Crippen molar-refractivity contribution in [2.75, 3.05) is 14.2 Å². The maximum absolute atomic E-state index is 13.3. The molecule has 3 saturated carbocycles. The molecule has 4 nitrogen and oxygen atoms in total. The Bertz CT molecular complexity index is 690. The smallest absolute Gasteiger partial charge is 0.168 e. The summed E-state index contributed by atoms with van der Waals surface area (Å²) in [5.74, 6) is 0.922. The molecule has 4 rings (SSSR count). The Morgan fingerprint density at radius 2 is 1.63 bits per heavy atom. The van der Waals surface area contributed by atoms with Crippen molar-refractivity contribution < 1.29 is 19.1 Å². The van der Waals surface area contributed by atoms with Crippen LogP contribution in [0.4, 0.5) is 0 Å². The fourth-order valence-corrected chi connectivity index (χ4v) is 7.42. The molecule has 27 heavy (non-hydrogen) atoms. The Labute approximate surface area is 163 Å². The van der Waals surface area contributed by atoms with Gasteiger partial charge in [0.05, 0.1) is 0 Å². The van der Waals surface area contributed by atoms with Crippen LogP contribution in [-0.4, -0.2) is 31.6 Å². The molecule has 4 aliphatic carbocycles. The predicted molar refractivity (Wildman–Crippen MR) is 103 cm³/mol. The second kappa shape index (κ2) is 6.25. The number of allylic oxidation sites excluding steroid dienone is 2. The van der Waals surface area contributed by atoms with Crippen molar-refractivity contribution in [2.24, 2.45) is 34.5 Å². The second-order valence-electron chi connectivity index (χ2n) is 10.0. The molecule has 0 unspecified atom stereocenters. The number of rotatable bonds is 3. The van der Waals surface area contributed by atoms with Gasteiger partial charge in [0.2, 0.25) is 0 Å². The highest BCUT2D eigenvalue weighted by Crippen LogP contribution is 2.66. The lowest BCUT2D eigenvalue weighted by Crippen LogP contribution is -2.56. The summed E-state index contributed by atoms with van der Waals surface area (Å²) in [5.41, 5.74) is 1.38. The van der Waals surface area contributed by atoms with Gasteiger partial charge in [-0.2, -0.15) is 0 Å². The van der Waals surface area contributed by atoms with E-state index < -0.39 is 5.79 Å². The first kappa shape index (κ1) is 19.3. The molecular weight excluding hydrogens is 340 g/mol. The van der Waals surface area contributed by atoms with Crippen molar-refractivity contribution in [3.05, 3.63) is 11.6 Å². The first-order chi connectivity index (χ1) is 12.7. The normalized spacial score (nSPS) is 45.5. The van der Waals surface area contributed by atoms with Gasteiger partial charge in [0, 0.05) is 38.9 Å². The molecular formula is C23H34O4. The lowest BCUT2D eigenvalue weighted by atomic mass is 9.47. The van der Waals surface area contributed by atoms with Gasteiger partial charge in [-0.15, -0.1) is 0 Å². The van der Waals surface area contributed by atoms with Crippen LogP contribution in [-0.2, 0) is 19.1 Å². The third-order valence-corrected chi connectivity index (χ3v) is 9.15. The van der Waals surface area contributed by atoms with Crippen LogP contribution in [0, 0.1) is 34.5 Å². The Kier molecular flexibility index (Phi) is 4.47. The first-order valence-corrected chi connectivity index (χ1v) is 10.6. The molecule has 0 heterocycles. The third kappa shape index (κ3) is 2.55. The van der Waals surface area contributed by atoms with E-state index in [1.165, 1.54) is 5.57 Å². The number of ketones is 2. The number of carbonyl (C=O) groups is 2. The molecule has 0 aliphatic heterocycles. The third-order valence-electron chi connectivity index (χ3n) is 9.15. The summed E-state index contributed by atoms with van der Waals surface area (Å²) < 4.78 is 11.4. The highest BCUT2D eigenvalue weighted by Gasteiger charge is 2.61. The van der Waals surface area contributed by atoms with E-state index in [0.717, 1.165) is 38.5 Å². The predicted octanol–water partition coefficient (Wildman–Crippen LogP) is 4.32. The van der Waals surface area contributed by atoms with Gasteiger partial charge in [0.1, 0.15) is 5.78 Å². The van der Waals surface area contributed by atoms with E-state index >= 15 is 0 Å². The van der Waals surface area contributed by atoms with E-state index in [1.54, 1.807) is 21.1 Å². The summed E-state index contributed by atoms with van der Waals surface area (Å²) in [6, 6.07) is 0. The van der Waals surface area contributed by atoms with Crippen molar-refractivity contribution in [2.45, 2.75) is 71.5 Å². The fraction of sp³-hybridized carbons (Fsp3) is 0.826. The van der Waals surface area contributed by atoms with E-state index in [0.29, 0.717) is 24.0 Å². The highest BCUT2D eigenvalue weighted by atomic mass is 16.7. The van der Waals surface area contributed by atoms with E-state index in [9.17, 15) is 9.59 Å². The minimum absolute atomic E-state index is 0.0165. The number of hydrogen-bond donors (Lipinski definition) is 0. The minimum atomic E-state index is -0.624. The first-order valence-electron chi connectivity index (χ1n) is 10.6. The molecule has 4 aliphatic rings. The van der Waals surface area contributed by atoms with Crippen LogP contribution in [0.1, 0.15) is 65.7 Å². The van der Waals surface area contributed by atoms with Gasteiger partial charge < -0.3 is 9.47 Å². The second-order valence-corrected chi connectivity index (χ2v) is 10.0. The quantitative estimate of drug-likeness (QED) is 0.690. The van der Waals surface area contributed by atoms with Crippen LogP contribution in [0.2, 0.25) is 0 Å². The zero-order chi connectivity index (χ0) is 19.6. The standard InChI is InChI=1S/C23H34O4/c1-14(24)16-6-7-17-15-12-20(25)19-13-23(26-4,27-5)11-10-22(19,3)18(15)8-9-21(16,17)2/h12,16-19H,6-11,13H2,1-5H3/t16-,17+,18+,19-,21-,22-/m1/s1. The van der Waals surface area contributed by atoms with Crippen LogP contribution in [0.3, 0.4) is 0 Å². The van der Waals surface area contributed by atoms with E-state index in [1.807, 2.05) is 6.08 Å². The molecule has 4 heteroatoms. The van der Waals surface area contributed by atoms with Crippen molar-refractivity contribution in [3.8, 4) is 0 Å². The molecule has 0 amide bonds. The number of Topliss-reactive ketones (excluding diaryl/α,β-unsaturated/α-hetero) is 1. The van der Waals surface area contributed by atoms with Crippen LogP contribution in [0.25, 0.3) is 0 Å². The number of fused-ring (bicyclic) bond motifs is 5. The Morgan fingerprint density at radius 3 is 2.26 bits per heavy atom. The lowest BCUT2D eigenvalue weighted by Gasteiger charge is -2.58. The lowest BCUT2D eigenvalue weighted by molar-refractivity contribution is -0.248. The van der Waals surface area contributed by atoms with Crippen LogP contribution >= 0.6 is 0 Å². The Balaban J connectivity index is 1.71. The largest absolute Gasteiger partial charge is 0.353 e. The van der Waals surface area contributed by atoms with E-state index in [4.69, 9.17) is 9.47 Å². The zero-order valence-electron chi connectivity index (χ0n) is 17.5. The maximum Gasteiger partial charge on any atom is 0.168 e. The van der Waals surface area contributed by atoms with Crippen LogP contribution in [0.5, 0.6) is 0 Å². The van der Waals surface area contributed by atoms with Crippen molar-refractivity contribution >= 4 is 11.6 Å². The molecule has 0 spiro atoms. The SMILES string of the molecule is COC1(OC)CC[C@@]2(C)[C@H](C1)C(=O)C=C1[C@@H]2CC[C@]2(C)[C@@H](C(C)=O)CC[C@@H]12. The Hall–Kier alpha value is -1.00. The van der Waals surface area contributed by atoms with Crippen LogP contribution < -0.4 is 0 Å².